The van der Waals surface area contributed by atoms with Gasteiger partial charge in [0.1, 0.15) is 0 Å². The molecular formula is C23H29N3. The molecule has 2 aromatic heterocycles. The maximum atomic E-state index is 5.11. The van der Waals surface area contributed by atoms with Crippen molar-refractivity contribution in [1.82, 2.24) is 9.55 Å². The summed E-state index contributed by atoms with van der Waals surface area (Å²) in [6, 6.07) is 8.56. The van der Waals surface area contributed by atoms with Gasteiger partial charge < -0.3 is 9.55 Å². The second kappa shape index (κ2) is 7.53. The molecule has 0 spiro atoms. The van der Waals surface area contributed by atoms with Crippen molar-refractivity contribution in [2.24, 2.45) is 10.9 Å². The summed E-state index contributed by atoms with van der Waals surface area (Å²) >= 11 is 0. The molecule has 0 amide bonds. The van der Waals surface area contributed by atoms with E-state index in [2.05, 4.69) is 59.9 Å². The van der Waals surface area contributed by atoms with Crippen molar-refractivity contribution in [2.45, 2.75) is 58.8 Å². The Bertz CT molecular complexity index is 822. The lowest BCUT2D eigenvalue weighted by molar-refractivity contribution is 0.557. The minimum absolute atomic E-state index is 0.525. The van der Waals surface area contributed by atoms with Crippen LogP contribution in [0.25, 0.3) is 17.1 Å². The van der Waals surface area contributed by atoms with Gasteiger partial charge in [-0.15, -0.1) is 0 Å². The maximum Gasteiger partial charge on any atom is 0.0837 e. The third kappa shape index (κ3) is 3.11. The summed E-state index contributed by atoms with van der Waals surface area (Å²) in [5, 5.41) is 0. The fraction of sp³-hybridized carbons (Fsp3) is 0.435. The van der Waals surface area contributed by atoms with Crippen LogP contribution in [0.15, 0.2) is 59.0 Å². The first-order valence-electron chi connectivity index (χ1n) is 10.2. The quantitative estimate of drug-likeness (QED) is 0.624. The second-order valence-corrected chi connectivity index (χ2v) is 7.45. The predicted molar refractivity (Wildman–Crippen MR) is 110 cm³/mol. The van der Waals surface area contributed by atoms with E-state index >= 15 is 0 Å². The van der Waals surface area contributed by atoms with Gasteiger partial charge in [-0.1, -0.05) is 20.3 Å². The van der Waals surface area contributed by atoms with Crippen LogP contribution < -0.4 is 0 Å². The van der Waals surface area contributed by atoms with Crippen LogP contribution in [-0.2, 0) is 0 Å². The molecule has 1 atom stereocenters. The summed E-state index contributed by atoms with van der Waals surface area (Å²) in [4.78, 5) is 8.48. The highest BCUT2D eigenvalue weighted by molar-refractivity contribution is 6.05. The minimum atomic E-state index is 0.525. The maximum absolute atomic E-state index is 5.11. The van der Waals surface area contributed by atoms with Crippen LogP contribution in [0, 0.1) is 5.92 Å². The molecule has 1 aliphatic heterocycles. The van der Waals surface area contributed by atoms with Crippen LogP contribution in [0.4, 0.5) is 0 Å². The van der Waals surface area contributed by atoms with Crippen molar-refractivity contribution >= 4 is 11.4 Å². The lowest BCUT2D eigenvalue weighted by Crippen LogP contribution is -2.11. The lowest BCUT2D eigenvalue weighted by atomic mass is 9.92. The number of rotatable bonds is 6. The molecule has 0 saturated heterocycles. The van der Waals surface area contributed by atoms with E-state index in [-0.39, 0.29) is 0 Å². The first kappa shape index (κ1) is 17.1. The Hall–Kier alpha value is -2.29. The number of hydrogen-bond acceptors (Lipinski definition) is 1. The summed E-state index contributed by atoms with van der Waals surface area (Å²) in [7, 11) is 0. The Morgan fingerprint density at radius 1 is 1.19 bits per heavy atom. The number of nitrogens with one attached hydrogen (secondary N) is 1. The molecule has 1 saturated carbocycles. The average Bonchev–Trinajstić information content (AvgIpc) is 3.40. The van der Waals surface area contributed by atoms with E-state index in [1.54, 1.807) is 0 Å². The van der Waals surface area contributed by atoms with Gasteiger partial charge in [-0.3, -0.25) is 4.99 Å². The van der Waals surface area contributed by atoms with Gasteiger partial charge in [-0.2, -0.15) is 0 Å². The van der Waals surface area contributed by atoms with Gasteiger partial charge >= 0.3 is 0 Å². The van der Waals surface area contributed by atoms with E-state index in [0.29, 0.717) is 5.92 Å². The molecule has 0 bridgehead atoms. The summed E-state index contributed by atoms with van der Waals surface area (Å²) in [5.41, 5.74) is 7.77. The molecule has 3 nitrogen and oxygen atoms in total. The number of H-pyrrole nitrogens is 1. The molecule has 3 heteroatoms. The standard InChI is InChI=1S/C23H29N3/c1-3-9-17(4-2)23(21-16-18-10-5-6-11-19(18)25-21)26-15-8-13-22(26)20-12-7-14-24-20/h7-8,12-17,24H,3-6,9-11H2,1-2H3. The second-order valence-electron chi connectivity index (χ2n) is 7.45. The van der Waals surface area contributed by atoms with E-state index in [4.69, 9.17) is 4.99 Å². The summed E-state index contributed by atoms with van der Waals surface area (Å²) < 4.78 is 2.38. The largest absolute Gasteiger partial charge is 0.360 e. The Kier molecular flexibility index (Phi) is 4.96. The first-order valence-corrected chi connectivity index (χ1v) is 10.2. The highest BCUT2D eigenvalue weighted by atomic mass is 15.0. The molecule has 2 aromatic rings. The van der Waals surface area contributed by atoms with Gasteiger partial charge in [-0.25, -0.2) is 0 Å². The summed E-state index contributed by atoms with van der Waals surface area (Å²) in [6.07, 6.45) is 15.0. The van der Waals surface area contributed by atoms with Crippen molar-refractivity contribution in [3.05, 3.63) is 54.0 Å². The summed E-state index contributed by atoms with van der Waals surface area (Å²) in [5.74, 6) is 0.525. The van der Waals surface area contributed by atoms with Gasteiger partial charge in [0.2, 0.25) is 0 Å². The molecule has 2 aliphatic rings. The SMILES string of the molecule is CCCC(CC)C(=C1C=C2CCCCC2=N1)n1cccc1-c1ccc[nH]1. The molecule has 26 heavy (non-hydrogen) atoms. The zero-order valence-corrected chi connectivity index (χ0v) is 16.0. The van der Waals surface area contributed by atoms with Crippen LogP contribution in [0.1, 0.15) is 58.8 Å². The monoisotopic (exact) mass is 347 g/mol. The van der Waals surface area contributed by atoms with Crippen LogP contribution in [0.5, 0.6) is 0 Å². The van der Waals surface area contributed by atoms with Crippen molar-refractivity contribution in [3.8, 4) is 11.4 Å². The van der Waals surface area contributed by atoms with E-state index in [1.807, 2.05) is 6.20 Å². The fourth-order valence-corrected chi connectivity index (χ4v) is 4.38. The lowest BCUT2D eigenvalue weighted by Gasteiger charge is -2.23. The average molecular weight is 348 g/mol. The van der Waals surface area contributed by atoms with Crippen molar-refractivity contribution in [3.63, 3.8) is 0 Å². The number of fused-ring (bicyclic) bond motifs is 1. The van der Waals surface area contributed by atoms with Crippen LogP contribution in [0.3, 0.4) is 0 Å². The molecule has 0 radical (unpaired) electrons. The number of aliphatic imine (C=N–C) groups is 1. The number of aromatic amines is 1. The molecule has 1 N–H and O–H groups in total. The highest BCUT2D eigenvalue weighted by Crippen LogP contribution is 2.37. The topological polar surface area (TPSA) is 33.1 Å². The molecule has 1 fully saturated rings. The summed E-state index contributed by atoms with van der Waals surface area (Å²) in [6.45, 7) is 4.59. The van der Waals surface area contributed by atoms with Crippen molar-refractivity contribution in [1.29, 1.82) is 0 Å². The zero-order valence-electron chi connectivity index (χ0n) is 16.0. The van der Waals surface area contributed by atoms with E-state index in [1.165, 1.54) is 60.5 Å². The van der Waals surface area contributed by atoms with E-state index < -0.39 is 0 Å². The fourth-order valence-electron chi connectivity index (χ4n) is 4.38. The third-order valence-electron chi connectivity index (χ3n) is 5.71. The number of aromatic nitrogens is 2. The third-order valence-corrected chi connectivity index (χ3v) is 5.71. The van der Waals surface area contributed by atoms with E-state index in [9.17, 15) is 0 Å². The van der Waals surface area contributed by atoms with Gasteiger partial charge in [0.15, 0.2) is 0 Å². The zero-order chi connectivity index (χ0) is 17.9. The number of hydrogen-bond donors (Lipinski definition) is 1. The minimum Gasteiger partial charge on any atom is -0.360 e. The van der Waals surface area contributed by atoms with Gasteiger partial charge in [0, 0.05) is 24.0 Å². The van der Waals surface area contributed by atoms with Gasteiger partial charge in [-0.05, 0) is 74.4 Å². The smallest absolute Gasteiger partial charge is 0.0837 e. The van der Waals surface area contributed by atoms with Crippen molar-refractivity contribution < 1.29 is 0 Å². The highest BCUT2D eigenvalue weighted by Gasteiger charge is 2.25. The Labute approximate surface area is 156 Å². The molecule has 0 aromatic carbocycles. The number of nitrogens with zero attached hydrogens (tertiary/aromatic N) is 2. The normalized spacial score (nSPS) is 19.8. The predicted octanol–water partition coefficient (Wildman–Crippen LogP) is 6.43. The van der Waals surface area contributed by atoms with Crippen LogP contribution in [-0.4, -0.2) is 15.3 Å². The molecule has 1 unspecified atom stereocenters. The molecular weight excluding hydrogens is 318 g/mol. The van der Waals surface area contributed by atoms with Gasteiger partial charge in [0.05, 0.1) is 22.8 Å². The van der Waals surface area contributed by atoms with Gasteiger partial charge in [0.25, 0.3) is 0 Å². The van der Waals surface area contributed by atoms with Crippen molar-refractivity contribution in [2.75, 3.05) is 0 Å². The Morgan fingerprint density at radius 2 is 2.08 bits per heavy atom. The molecule has 4 rings (SSSR count). The Morgan fingerprint density at radius 3 is 2.81 bits per heavy atom. The Balaban J connectivity index is 1.86. The number of allylic oxidation sites excluding steroid dienone is 3. The molecule has 136 valence electrons. The molecule has 1 aliphatic carbocycles. The van der Waals surface area contributed by atoms with Crippen LogP contribution >= 0.6 is 0 Å². The first-order chi connectivity index (χ1) is 12.8. The van der Waals surface area contributed by atoms with E-state index in [0.717, 1.165) is 18.5 Å². The molecule has 3 heterocycles. The van der Waals surface area contributed by atoms with Crippen LogP contribution in [0.2, 0.25) is 0 Å².